The number of benzene rings is 1. The second-order valence-corrected chi connectivity index (χ2v) is 5.43. The first-order valence-electron chi connectivity index (χ1n) is 7.60. The van der Waals surface area contributed by atoms with Crippen molar-refractivity contribution in [3.8, 4) is 5.88 Å². The molecule has 1 amide bonds. The summed E-state index contributed by atoms with van der Waals surface area (Å²) in [6, 6.07) is 6.01. The van der Waals surface area contributed by atoms with Crippen LogP contribution in [-0.4, -0.2) is 44.9 Å². The third-order valence-corrected chi connectivity index (χ3v) is 3.89. The molecule has 124 valence electrons. The van der Waals surface area contributed by atoms with E-state index in [-0.39, 0.29) is 23.3 Å². The van der Waals surface area contributed by atoms with Crippen LogP contribution in [0.5, 0.6) is 5.88 Å². The molecule has 1 saturated heterocycles. The largest absolute Gasteiger partial charge is 0.473 e. The number of nitro groups is 1. The van der Waals surface area contributed by atoms with Crippen LogP contribution in [0.4, 0.5) is 5.69 Å². The quantitative estimate of drug-likeness (QED) is 0.629. The molecule has 2 aromatic rings. The van der Waals surface area contributed by atoms with Gasteiger partial charge in [-0.3, -0.25) is 19.9 Å². The summed E-state index contributed by atoms with van der Waals surface area (Å²) in [6.45, 7) is 0.964. The summed E-state index contributed by atoms with van der Waals surface area (Å²) in [5, 5.41) is 11.1. The smallest absolute Gasteiger partial charge is 0.282 e. The number of nitrogens with zero attached hydrogens (tertiary/aromatic N) is 4. The van der Waals surface area contributed by atoms with Gasteiger partial charge in [0, 0.05) is 44.4 Å². The van der Waals surface area contributed by atoms with Crippen molar-refractivity contribution in [3.05, 3.63) is 58.5 Å². The molecular weight excluding hydrogens is 312 g/mol. The number of ether oxygens (including phenoxy) is 1. The monoisotopic (exact) mass is 328 g/mol. The molecule has 0 saturated carbocycles. The van der Waals surface area contributed by atoms with Gasteiger partial charge in [0.15, 0.2) is 0 Å². The van der Waals surface area contributed by atoms with Crippen molar-refractivity contribution in [2.75, 3.05) is 13.1 Å². The fourth-order valence-corrected chi connectivity index (χ4v) is 2.68. The number of carbonyl (C=O) groups excluding carboxylic acids is 1. The molecule has 8 nitrogen and oxygen atoms in total. The lowest BCUT2D eigenvalue weighted by Gasteiger charge is -2.31. The zero-order valence-electron chi connectivity index (χ0n) is 12.9. The van der Waals surface area contributed by atoms with Crippen molar-refractivity contribution in [2.45, 2.75) is 18.9 Å². The van der Waals surface area contributed by atoms with Gasteiger partial charge >= 0.3 is 0 Å². The van der Waals surface area contributed by atoms with Crippen molar-refractivity contribution in [2.24, 2.45) is 0 Å². The highest BCUT2D eigenvalue weighted by atomic mass is 16.6. The summed E-state index contributed by atoms with van der Waals surface area (Å²) in [4.78, 5) is 32.7. The molecule has 1 aliphatic rings. The number of hydrogen-bond donors (Lipinski definition) is 0. The maximum absolute atomic E-state index is 12.5. The maximum atomic E-state index is 12.5. The fraction of sp³-hybridized carbons (Fsp3) is 0.312. The molecule has 0 unspecified atom stereocenters. The Labute approximate surface area is 138 Å². The number of hydrogen-bond acceptors (Lipinski definition) is 6. The molecule has 1 fully saturated rings. The molecule has 0 spiro atoms. The van der Waals surface area contributed by atoms with Crippen LogP contribution in [0, 0.1) is 10.1 Å². The van der Waals surface area contributed by atoms with Crippen LogP contribution in [-0.2, 0) is 0 Å². The van der Waals surface area contributed by atoms with Gasteiger partial charge in [0.05, 0.1) is 11.1 Å². The Morgan fingerprint density at radius 3 is 2.67 bits per heavy atom. The highest BCUT2D eigenvalue weighted by molar-refractivity contribution is 5.98. The lowest BCUT2D eigenvalue weighted by molar-refractivity contribution is -0.385. The molecule has 24 heavy (non-hydrogen) atoms. The number of carbonyl (C=O) groups is 1. The molecule has 0 N–H and O–H groups in total. The van der Waals surface area contributed by atoms with Gasteiger partial charge in [0.25, 0.3) is 11.6 Å². The maximum Gasteiger partial charge on any atom is 0.282 e. The summed E-state index contributed by atoms with van der Waals surface area (Å²) in [6.07, 6.45) is 5.91. The lowest BCUT2D eigenvalue weighted by atomic mass is 10.1. The molecule has 1 aliphatic heterocycles. The Hall–Kier alpha value is -3.03. The number of nitro benzene ring substituents is 1. The number of amides is 1. The third-order valence-electron chi connectivity index (χ3n) is 3.89. The van der Waals surface area contributed by atoms with E-state index in [0.717, 1.165) is 0 Å². The Balaban J connectivity index is 1.62. The molecule has 0 bridgehead atoms. The second kappa shape index (κ2) is 7.03. The molecule has 3 rings (SSSR count). The van der Waals surface area contributed by atoms with E-state index in [0.29, 0.717) is 31.8 Å². The number of rotatable bonds is 4. The highest BCUT2D eigenvalue weighted by Crippen LogP contribution is 2.23. The van der Waals surface area contributed by atoms with Crippen molar-refractivity contribution in [1.29, 1.82) is 0 Å². The fourth-order valence-electron chi connectivity index (χ4n) is 2.68. The molecular formula is C16H16N4O4. The normalized spacial score (nSPS) is 15.1. The summed E-state index contributed by atoms with van der Waals surface area (Å²) in [5.41, 5.74) is -0.0452. The van der Waals surface area contributed by atoms with E-state index in [1.165, 1.54) is 12.1 Å². The van der Waals surface area contributed by atoms with Crippen LogP contribution in [0.25, 0.3) is 0 Å². The zero-order valence-corrected chi connectivity index (χ0v) is 12.9. The zero-order chi connectivity index (χ0) is 16.9. The molecule has 1 aromatic carbocycles. The average Bonchev–Trinajstić information content (AvgIpc) is 2.62. The molecule has 8 heteroatoms. The number of para-hydroxylation sites is 1. The van der Waals surface area contributed by atoms with Crippen molar-refractivity contribution < 1.29 is 14.5 Å². The first-order valence-corrected chi connectivity index (χ1v) is 7.60. The van der Waals surface area contributed by atoms with Gasteiger partial charge in [-0.15, -0.1) is 0 Å². The predicted octanol–water partition coefficient (Wildman–Crippen LogP) is 2.07. The summed E-state index contributed by atoms with van der Waals surface area (Å²) in [5.74, 6) is 0.140. The minimum Gasteiger partial charge on any atom is -0.473 e. The van der Waals surface area contributed by atoms with Crippen LogP contribution in [0.3, 0.4) is 0 Å². The molecule has 1 aromatic heterocycles. The van der Waals surface area contributed by atoms with Gasteiger partial charge < -0.3 is 9.64 Å². The molecule has 0 atom stereocenters. The summed E-state index contributed by atoms with van der Waals surface area (Å²) >= 11 is 0. The SMILES string of the molecule is O=C(c1ccccc1[N+](=O)[O-])N1CCC(Oc2cnccn2)CC1. The van der Waals surface area contributed by atoms with Gasteiger partial charge in [0.2, 0.25) is 5.88 Å². The van der Waals surface area contributed by atoms with E-state index in [2.05, 4.69) is 9.97 Å². The van der Waals surface area contributed by atoms with Crippen LogP contribution >= 0.6 is 0 Å². The van der Waals surface area contributed by atoms with Gasteiger partial charge in [0.1, 0.15) is 11.7 Å². The minimum absolute atomic E-state index is 0.0449. The molecule has 2 heterocycles. The van der Waals surface area contributed by atoms with E-state index in [1.54, 1.807) is 35.6 Å². The van der Waals surface area contributed by atoms with Gasteiger partial charge in [-0.2, -0.15) is 0 Å². The topological polar surface area (TPSA) is 98.5 Å². The van der Waals surface area contributed by atoms with Crippen LogP contribution < -0.4 is 4.74 Å². The second-order valence-electron chi connectivity index (χ2n) is 5.43. The molecule has 0 radical (unpaired) electrons. The van der Waals surface area contributed by atoms with E-state index >= 15 is 0 Å². The van der Waals surface area contributed by atoms with Crippen LogP contribution in [0.15, 0.2) is 42.9 Å². The highest BCUT2D eigenvalue weighted by Gasteiger charge is 2.28. The Morgan fingerprint density at radius 2 is 2.00 bits per heavy atom. The van der Waals surface area contributed by atoms with Gasteiger partial charge in [-0.1, -0.05) is 12.1 Å². The van der Waals surface area contributed by atoms with Gasteiger partial charge in [-0.05, 0) is 6.07 Å². The van der Waals surface area contributed by atoms with Crippen molar-refractivity contribution in [1.82, 2.24) is 14.9 Å². The van der Waals surface area contributed by atoms with Crippen LogP contribution in [0.1, 0.15) is 23.2 Å². The Bertz CT molecular complexity index is 730. The Morgan fingerprint density at radius 1 is 1.25 bits per heavy atom. The average molecular weight is 328 g/mol. The first kappa shape index (κ1) is 15.9. The third kappa shape index (κ3) is 3.48. The first-order chi connectivity index (χ1) is 11.6. The van der Waals surface area contributed by atoms with E-state index in [1.807, 2.05) is 0 Å². The van der Waals surface area contributed by atoms with E-state index in [4.69, 9.17) is 4.74 Å². The number of likely N-dealkylation sites (tertiary alicyclic amines) is 1. The van der Waals surface area contributed by atoms with Gasteiger partial charge in [-0.25, -0.2) is 4.98 Å². The predicted molar refractivity (Wildman–Crippen MR) is 84.7 cm³/mol. The summed E-state index contributed by atoms with van der Waals surface area (Å²) < 4.78 is 5.73. The van der Waals surface area contributed by atoms with E-state index < -0.39 is 4.92 Å². The summed E-state index contributed by atoms with van der Waals surface area (Å²) in [7, 11) is 0. The minimum atomic E-state index is -0.531. The van der Waals surface area contributed by atoms with Crippen molar-refractivity contribution in [3.63, 3.8) is 0 Å². The number of piperidine rings is 1. The van der Waals surface area contributed by atoms with E-state index in [9.17, 15) is 14.9 Å². The lowest BCUT2D eigenvalue weighted by Crippen LogP contribution is -2.42. The van der Waals surface area contributed by atoms with Crippen molar-refractivity contribution >= 4 is 11.6 Å². The molecule has 0 aliphatic carbocycles. The Kier molecular flexibility index (Phi) is 4.64. The standard InChI is InChI=1S/C16H16N4O4/c21-16(13-3-1-2-4-14(13)20(22)23)19-9-5-12(6-10-19)24-15-11-17-7-8-18-15/h1-4,7-8,11-12H,5-6,9-10H2. The number of aromatic nitrogens is 2. The van der Waals surface area contributed by atoms with Crippen LogP contribution in [0.2, 0.25) is 0 Å².